The number of aryl methyl sites for hydroxylation is 1. The minimum absolute atomic E-state index is 0.0863. The normalized spacial score (nSPS) is 14.6. The lowest BCUT2D eigenvalue weighted by Crippen LogP contribution is -2.31. The average molecular weight is 546 g/mol. The van der Waals surface area contributed by atoms with Crippen molar-refractivity contribution in [3.8, 4) is 11.5 Å². The molecule has 1 aliphatic rings. The number of fused-ring (bicyclic) bond motifs is 2. The van der Waals surface area contributed by atoms with Gasteiger partial charge in [0.1, 0.15) is 17.1 Å². The zero-order valence-corrected chi connectivity index (χ0v) is 23.2. The highest BCUT2D eigenvalue weighted by molar-refractivity contribution is 6.32. The Morgan fingerprint density at radius 2 is 1.79 bits per heavy atom. The van der Waals surface area contributed by atoms with Crippen molar-refractivity contribution in [2.24, 2.45) is 0 Å². The number of amides is 1. The third kappa shape index (κ3) is 5.39. The lowest BCUT2D eigenvalue weighted by atomic mass is 9.97. The maximum absolute atomic E-state index is 13.9. The summed E-state index contributed by atoms with van der Waals surface area (Å²) in [5, 5.41) is 0.848. The number of ether oxygens (including phenoxy) is 2. The number of methoxy groups -OCH3 is 1. The molecule has 2 heterocycles. The van der Waals surface area contributed by atoms with Crippen LogP contribution in [0.4, 0.5) is 0 Å². The van der Waals surface area contributed by atoms with E-state index in [-0.39, 0.29) is 17.1 Å². The summed E-state index contributed by atoms with van der Waals surface area (Å²) in [6.07, 6.45) is 3.78. The number of unbranched alkanes of at least 4 members (excludes halogenated alkanes) is 2. The molecular formula is C32H32ClNO5. The molecule has 0 spiro atoms. The number of carbonyl (C=O) groups is 1. The topological polar surface area (TPSA) is 69.0 Å². The van der Waals surface area contributed by atoms with Crippen molar-refractivity contribution in [1.82, 2.24) is 4.90 Å². The number of carbonyl (C=O) groups excluding carboxylic acids is 1. The predicted molar refractivity (Wildman–Crippen MR) is 153 cm³/mol. The number of hydrogen-bond acceptors (Lipinski definition) is 5. The lowest BCUT2D eigenvalue weighted by Gasteiger charge is -2.25. The first-order valence-corrected chi connectivity index (χ1v) is 13.7. The minimum atomic E-state index is -0.606. The first-order valence-electron chi connectivity index (χ1n) is 13.3. The molecule has 0 radical (unpaired) electrons. The van der Waals surface area contributed by atoms with Gasteiger partial charge in [-0.2, -0.15) is 0 Å². The first kappa shape index (κ1) is 26.8. The Labute approximate surface area is 233 Å². The molecule has 0 bridgehead atoms. The van der Waals surface area contributed by atoms with Gasteiger partial charge in [-0.1, -0.05) is 55.6 Å². The zero-order chi connectivity index (χ0) is 27.5. The predicted octanol–water partition coefficient (Wildman–Crippen LogP) is 7.12. The monoisotopic (exact) mass is 545 g/mol. The Morgan fingerprint density at radius 3 is 2.54 bits per heavy atom. The largest absolute Gasteiger partial charge is 0.497 e. The van der Waals surface area contributed by atoms with Gasteiger partial charge in [-0.05, 0) is 72.9 Å². The van der Waals surface area contributed by atoms with Gasteiger partial charge in [0, 0.05) is 11.6 Å². The smallest absolute Gasteiger partial charge is 0.290 e. The summed E-state index contributed by atoms with van der Waals surface area (Å²) in [5.41, 5.74) is 3.09. The van der Waals surface area contributed by atoms with E-state index in [2.05, 4.69) is 6.92 Å². The van der Waals surface area contributed by atoms with Crippen molar-refractivity contribution >= 4 is 28.5 Å². The third-order valence-electron chi connectivity index (χ3n) is 7.24. The standard InChI is InChI=1S/C32H32ClNO5/c1-4-5-6-16-38-24-9-7-8-22(18-24)29-28-30(35)25-19-26(33)20(2)17-27(25)39-31(28)32(36)34(29)15-14-21-10-12-23(37-3)13-11-21/h7-13,17-19,29H,4-6,14-16H2,1-3H3. The molecule has 202 valence electrons. The Morgan fingerprint density at radius 1 is 1.00 bits per heavy atom. The van der Waals surface area contributed by atoms with Crippen molar-refractivity contribution in [3.63, 3.8) is 0 Å². The van der Waals surface area contributed by atoms with E-state index in [1.54, 1.807) is 24.1 Å². The van der Waals surface area contributed by atoms with Crippen molar-refractivity contribution in [2.75, 3.05) is 20.3 Å². The molecule has 5 rings (SSSR count). The number of benzene rings is 3. The van der Waals surface area contributed by atoms with Crippen LogP contribution < -0.4 is 14.9 Å². The molecule has 1 atom stereocenters. The van der Waals surface area contributed by atoms with E-state index in [9.17, 15) is 9.59 Å². The van der Waals surface area contributed by atoms with Gasteiger partial charge in [0.15, 0.2) is 5.43 Å². The SMILES string of the molecule is CCCCCOc1cccc(C2c3c(oc4cc(C)c(Cl)cc4c3=O)C(=O)N2CCc2ccc(OC)cc2)c1. The van der Waals surface area contributed by atoms with Crippen LogP contribution in [-0.2, 0) is 6.42 Å². The van der Waals surface area contributed by atoms with Crippen LogP contribution in [0.1, 0.15) is 65.0 Å². The molecule has 3 aromatic carbocycles. The molecule has 0 fully saturated rings. The summed E-state index contributed by atoms with van der Waals surface area (Å²) in [4.78, 5) is 29.4. The van der Waals surface area contributed by atoms with Gasteiger partial charge in [-0.15, -0.1) is 0 Å². The van der Waals surface area contributed by atoms with Crippen molar-refractivity contribution in [3.05, 3.63) is 104 Å². The Hall–Kier alpha value is -3.77. The first-order chi connectivity index (χ1) is 18.9. The van der Waals surface area contributed by atoms with E-state index in [0.29, 0.717) is 46.9 Å². The molecule has 1 amide bonds. The van der Waals surface area contributed by atoms with E-state index in [0.717, 1.165) is 41.7 Å². The van der Waals surface area contributed by atoms with Crippen LogP contribution in [0, 0.1) is 6.92 Å². The van der Waals surface area contributed by atoms with Gasteiger partial charge in [-0.3, -0.25) is 9.59 Å². The number of halogens is 1. The zero-order valence-electron chi connectivity index (χ0n) is 22.5. The van der Waals surface area contributed by atoms with E-state index < -0.39 is 6.04 Å². The molecule has 1 aliphatic heterocycles. The summed E-state index contributed by atoms with van der Waals surface area (Å²) >= 11 is 6.37. The molecule has 0 aliphatic carbocycles. The third-order valence-corrected chi connectivity index (χ3v) is 7.65. The molecule has 7 heteroatoms. The highest BCUT2D eigenvalue weighted by atomic mass is 35.5. The van der Waals surface area contributed by atoms with E-state index in [1.165, 1.54) is 0 Å². The van der Waals surface area contributed by atoms with Gasteiger partial charge in [-0.25, -0.2) is 0 Å². The van der Waals surface area contributed by atoms with E-state index in [4.69, 9.17) is 25.5 Å². The van der Waals surface area contributed by atoms with Crippen LogP contribution in [0.3, 0.4) is 0 Å². The van der Waals surface area contributed by atoms with Crippen molar-refractivity contribution in [1.29, 1.82) is 0 Å². The molecule has 1 aromatic heterocycles. The molecule has 0 N–H and O–H groups in total. The van der Waals surface area contributed by atoms with Crippen molar-refractivity contribution in [2.45, 2.75) is 45.6 Å². The quantitative estimate of drug-likeness (QED) is 0.198. The Bertz CT molecular complexity index is 1560. The van der Waals surface area contributed by atoms with Gasteiger partial charge < -0.3 is 18.8 Å². The van der Waals surface area contributed by atoms with Crippen LogP contribution in [-0.4, -0.2) is 31.1 Å². The van der Waals surface area contributed by atoms with E-state index in [1.807, 2.05) is 55.5 Å². The maximum Gasteiger partial charge on any atom is 0.290 e. The van der Waals surface area contributed by atoms with Gasteiger partial charge in [0.05, 0.1) is 30.7 Å². The molecule has 1 unspecified atom stereocenters. The highest BCUT2D eigenvalue weighted by Gasteiger charge is 2.42. The van der Waals surface area contributed by atoms with Crippen LogP contribution in [0.2, 0.25) is 5.02 Å². The fourth-order valence-corrected chi connectivity index (χ4v) is 5.24. The van der Waals surface area contributed by atoms with Crippen LogP contribution >= 0.6 is 11.6 Å². The van der Waals surface area contributed by atoms with Crippen LogP contribution in [0.25, 0.3) is 11.0 Å². The lowest BCUT2D eigenvalue weighted by molar-refractivity contribution is 0.0729. The number of hydrogen-bond donors (Lipinski definition) is 0. The van der Waals surface area contributed by atoms with Crippen LogP contribution in [0.15, 0.2) is 69.9 Å². The Kier molecular flexibility index (Phi) is 7.94. The van der Waals surface area contributed by atoms with Gasteiger partial charge in [0.2, 0.25) is 5.76 Å². The summed E-state index contributed by atoms with van der Waals surface area (Å²) in [6, 6.07) is 18.2. The molecule has 4 aromatic rings. The minimum Gasteiger partial charge on any atom is -0.497 e. The highest BCUT2D eigenvalue weighted by Crippen LogP contribution is 2.39. The summed E-state index contributed by atoms with van der Waals surface area (Å²) in [7, 11) is 1.63. The fourth-order valence-electron chi connectivity index (χ4n) is 5.08. The molecule has 6 nitrogen and oxygen atoms in total. The molecule has 39 heavy (non-hydrogen) atoms. The second-order valence-corrected chi connectivity index (χ2v) is 10.3. The van der Waals surface area contributed by atoms with Crippen molar-refractivity contribution < 1.29 is 18.7 Å². The second kappa shape index (κ2) is 11.5. The second-order valence-electron chi connectivity index (χ2n) is 9.90. The Balaban J connectivity index is 1.56. The fraction of sp³-hybridized carbons (Fsp3) is 0.312. The average Bonchev–Trinajstić information content (AvgIpc) is 3.23. The number of rotatable bonds is 10. The summed E-state index contributed by atoms with van der Waals surface area (Å²) in [6.45, 7) is 5.01. The van der Waals surface area contributed by atoms with E-state index >= 15 is 0 Å². The van der Waals surface area contributed by atoms with Gasteiger partial charge in [0.25, 0.3) is 5.91 Å². The number of nitrogens with zero attached hydrogens (tertiary/aromatic N) is 1. The molecular weight excluding hydrogens is 514 g/mol. The molecule has 0 saturated heterocycles. The summed E-state index contributed by atoms with van der Waals surface area (Å²) < 4.78 is 17.4. The van der Waals surface area contributed by atoms with Crippen LogP contribution in [0.5, 0.6) is 11.5 Å². The summed E-state index contributed by atoms with van der Waals surface area (Å²) in [5.74, 6) is 1.27. The molecule has 0 saturated carbocycles. The maximum atomic E-state index is 13.9. The van der Waals surface area contributed by atoms with Gasteiger partial charge >= 0.3 is 0 Å².